The Hall–Kier alpha value is -0.980. The summed E-state index contributed by atoms with van der Waals surface area (Å²) in [5.74, 6) is 0.172. The standard InChI is InChI=1S/C15H13Br2F2NO/c16-13-6-3-11(7-14(13)17)9-20-8-10-1-4-12(5-2-10)21-15(18)19/h1-7,15,20H,8-9H2. The van der Waals surface area contributed by atoms with Crippen molar-refractivity contribution in [3.63, 3.8) is 0 Å². The first-order valence-corrected chi connectivity index (χ1v) is 7.81. The van der Waals surface area contributed by atoms with E-state index in [2.05, 4.69) is 41.9 Å². The normalized spacial score (nSPS) is 10.9. The van der Waals surface area contributed by atoms with Gasteiger partial charge in [-0.2, -0.15) is 8.78 Å². The van der Waals surface area contributed by atoms with Crippen LogP contribution < -0.4 is 10.1 Å². The predicted octanol–water partition coefficient (Wildman–Crippen LogP) is 5.10. The first-order chi connectivity index (χ1) is 10.0. The molecule has 2 aromatic carbocycles. The van der Waals surface area contributed by atoms with Gasteiger partial charge in [0.2, 0.25) is 0 Å². The predicted molar refractivity (Wildman–Crippen MR) is 85.5 cm³/mol. The SMILES string of the molecule is FC(F)Oc1ccc(CNCc2ccc(Br)c(Br)c2)cc1. The van der Waals surface area contributed by atoms with E-state index in [1.54, 1.807) is 24.3 Å². The Morgan fingerprint density at radius 1 is 0.905 bits per heavy atom. The Balaban J connectivity index is 1.84. The lowest BCUT2D eigenvalue weighted by Crippen LogP contribution is -2.12. The van der Waals surface area contributed by atoms with Crippen molar-refractivity contribution in [2.75, 3.05) is 0 Å². The number of hydrogen-bond donors (Lipinski definition) is 1. The number of nitrogens with one attached hydrogen (secondary N) is 1. The Morgan fingerprint density at radius 3 is 2.14 bits per heavy atom. The van der Waals surface area contributed by atoms with Crippen molar-refractivity contribution in [1.29, 1.82) is 0 Å². The summed E-state index contributed by atoms with van der Waals surface area (Å²) < 4.78 is 30.4. The molecule has 0 saturated carbocycles. The summed E-state index contributed by atoms with van der Waals surface area (Å²) in [6.07, 6.45) is 0. The second-order valence-corrected chi connectivity index (χ2v) is 6.08. The lowest BCUT2D eigenvalue weighted by molar-refractivity contribution is -0.0498. The van der Waals surface area contributed by atoms with Crippen LogP contribution in [0.15, 0.2) is 51.4 Å². The van der Waals surface area contributed by atoms with Crippen molar-refractivity contribution >= 4 is 31.9 Å². The van der Waals surface area contributed by atoms with Gasteiger partial charge >= 0.3 is 6.61 Å². The molecule has 0 aliphatic heterocycles. The molecule has 0 radical (unpaired) electrons. The summed E-state index contributed by atoms with van der Waals surface area (Å²) in [7, 11) is 0. The molecule has 0 aromatic heterocycles. The molecule has 21 heavy (non-hydrogen) atoms. The van der Waals surface area contributed by atoms with Crippen LogP contribution in [0.25, 0.3) is 0 Å². The third-order valence-electron chi connectivity index (χ3n) is 2.79. The monoisotopic (exact) mass is 419 g/mol. The highest BCUT2D eigenvalue weighted by atomic mass is 79.9. The van der Waals surface area contributed by atoms with Crippen LogP contribution >= 0.6 is 31.9 Å². The zero-order valence-corrected chi connectivity index (χ0v) is 14.1. The van der Waals surface area contributed by atoms with E-state index in [4.69, 9.17) is 0 Å². The Bertz CT molecular complexity index is 591. The smallest absolute Gasteiger partial charge is 0.387 e. The van der Waals surface area contributed by atoms with Gasteiger partial charge in [-0.25, -0.2) is 0 Å². The minimum absolute atomic E-state index is 0.172. The van der Waals surface area contributed by atoms with Gasteiger partial charge in [0.05, 0.1) is 0 Å². The molecule has 0 bridgehead atoms. The molecule has 0 saturated heterocycles. The maximum absolute atomic E-state index is 12.0. The van der Waals surface area contributed by atoms with Gasteiger partial charge in [-0.1, -0.05) is 18.2 Å². The molecule has 0 amide bonds. The molecule has 0 aliphatic carbocycles. The summed E-state index contributed by atoms with van der Waals surface area (Å²) in [6, 6.07) is 12.7. The van der Waals surface area contributed by atoms with E-state index in [1.165, 1.54) is 0 Å². The van der Waals surface area contributed by atoms with Gasteiger partial charge in [-0.15, -0.1) is 0 Å². The van der Waals surface area contributed by atoms with Gasteiger partial charge in [0, 0.05) is 22.0 Å². The zero-order chi connectivity index (χ0) is 15.2. The van der Waals surface area contributed by atoms with Gasteiger partial charge in [0.15, 0.2) is 0 Å². The van der Waals surface area contributed by atoms with Crippen LogP contribution in [0.1, 0.15) is 11.1 Å². The number of benzene rings is 2. The van der Waals surface area contributed by atoms with E-state index >= 15 is 0 Å². The van der Waals surface area contributed by atoms with Gasteiger partial charge in [0.25, 0.3) is 0 Å². The first-order valence-electron chi connectivity index (χ1n) is 6.23. The number of rotatable bonds is 6. The quantitative estimate of drug-likeness (QED) is 0.701. The molecule has 2 rings (SSSR count). The maximum atomic E-state index is 12.0. The van der Waals surface area contributed by atoms with Crippen molar-refractivity contribution in [2.45, 2.75) is 19.7 Å². The van der Waals surface area contributed by atoms with Crippen LogP contribution in [0.2, 0.25) is 0 Å². The van der Waals surface area contributed by atoms with Crippen LogP contribution in [-0.4, -0.2) is 6.61 Å². The molecule has 2 aromatic rings. The number of ether oxygens (including phenoxy) is 1. The lowest BCUT2D eigenvalue weighted by Gasteiger charge is -2.08. The highest BCUT2D eigenvalue weighted by Crippen LogP contribution is 2.23. The van der Waals surface area contributed by atoms with Crippen LogP contribution in [0.3, 0.4) is 0 Å². The average Bonchev–Trinajstić information content (AvgIpc) is 2.44. The zero-order valence-electron chi connectivity index (χ0n) is 11.0. The van der Waals surface area contributed by atoms with E-state index in [0.717, 1.165) is 26.6 Å². The average molecular weight is 421 g/mol. The van der Waals surface area contributed by atoms with E-state index in [1.807, 2.05) is 18.2 Å². The summed E-state index contributed by atoms with van der Waals surface area (Å²) in [5.41, 5.74) is 2.16. The first kappa shape index (κ1) is 16.4. The molecule has 0 unspecified atom stereocenters. The molecule has 0 spiro atoms. The van der Waals surface area contributed by atoms with Crippen LogP contribution in [0, 0.1) is 0 Å². The fourth-order valence-corrected chi connectivity index (χ4v) is 2.46. The molecule has 0 fully saturated rings. The third-order valence-corrected chi connectivity index (χ3v) is 4.67. The fourth-order valence-electron chi connectivity index (χ4n) is 1.79. The van der Waals surface area contributed by atoms with Gasteiger partial charge in [-0.3, -0.25) is 0 Å². The molecule has 112 valence electrons. The highest BCUT2D eigenvalue weighted by Gasteiger charge is 2.03. The van der Waals surface area contributed by atoms with Crippen LogP contribution in [0.5, 0.6) is 5.75 Å². The molecule has 1 N–H and O–H groups in total. The van der Waals surface area contributed by atoms with Crippen LogP contribution in [-0.2, 0) is 13.1 Å². The number of halogens is 4. The molecule has 0 aliphatic rings. The van der Waals surface area contributed by atoms with E-state index in [9.17, 15) is 8.78 Å². The third kappa shape index (κ3) is 5.37. The summed E-state index contributed by atoms with van der Waals surface area (Å²) in [5, 5.41) is 3.30. The highest BCUT2D eigenvalue weighted by molar-refractivity contribution is 9.13. The minimum Gasteiger partial charge on any atom is -0.435 e. The minimum atomic E-state index is -2.79. The van der Waals surface area contributed by atoms with E-state index in [0.29, 0.717) is 6.54 Å². The Labute approximate surface area is 138 Å². The molecule has 0 atom stereocenters. The number of hydrogen-bond acceptors (Lipinski definition) is 2. The largest absolute Gasteiger partial charge is 0.435 e. The molecule has 2 nitrogen and oxygen atoms in total. The summed E-state index contributed by atoms with van der Waals surface area (Å²) >= 11 is 6.89. The van der Waals surface area contributed by atoms with Crippen molar-refractivity contribution in [3.8, 4) is 5.75 Å². The van der Waals surface area contributed by atoms with Gasteiger partial charge in [0.1, 0.15) is 5.75 Å². The summed E-state index contributed by atoms with van der Waals surface area (Å²) in [4.78, 5) is 0. The van der Waals surface area contributed by atoms with E-state index in [-0.39, 0.29) is 5.75 Å². The molecule has 6 heteroatoms. The van der Waals surface area contributed by atoms with Crippen LogP contribution in [0.4, 0.5) is 8.78 Å². The summed E-state index contributed by atoms with van der Waals surface area (Å²) in [6.45, 7) is -1.41. The maximum Gasteiger partial charge on any atom is 0.387 e. The van der Waals surface area contributed by atoms with Crippen molar-refractivity contribution in [2.24, 2.45) is 0 Å². The lowest BCUT2D eigenvalue weighted by atomic mass is 10.2. The fraction of sp³-hybridized carbons (Fsp3) is 0.200. The van der Waals surface area contributed by atoms with Gasteiger partial charge < -0.3 is 10.1 Å². The number of alkyl halides is 2. The molecular formula is C15H13Br2F2NO. The topological polar surface area (TPSA) is 21.3 Å². The Kier molecular flexibility index (Phi) is 6.14. The van der Waals surface area contributed by atoms with Crippen molar-refractivity contribution < 1.29 is 13.5 Å². The second-order valence-electron chi connectivity index (χ2n) is 4.37. The molecular weight excluding hydrogens is 408 g/mol. The van der Waals surface area contributed by atoms with Crippen molar-refractivity contribution in [1.82, 2.24) is 5.32 Å². The second kappa shape index (κ2) is 7.87. The van der Waals surface area contributed by atoms with E-state index < -0.39 is 6.61 Å². The van der Waals surface area contributed by atoms with Crippen molar-refractivity contribution in [3.05, 3.63) is 62.5 Å². The van der Waals surface area contributed by atoms with Gasteiger partial charge in [-0.05, 0) is 67.3 Å². The molecule has 0 heterocycles. The Morgan fingerprint density at radius 2 is 1.52 bits per heavy atom.